The van der Waals surface area contributed by atoms with Crippen molar-refractivity contribution in [2.75, 3.05) is 0 Å². The van der Waals surface area contributed by atoms with E-state index in [0.717, 1.165) is 61.4 Å². The van der Waals surface area contributed by atoms with Crippen molar-refractivity contribution in [1.82, 2.24) is 19.5 Å². The SMILES string of the molecule is CC(C)c1cc(-c2ccc(-c3ccccc3)cc2)cc(C(C)C)c1-n1c(-c2[c-]ccc3c2oc2nc(-c4cccc(C#N)c4)ccc23)nc2ccccc21.[Ir].[c-]1ccccc1-c1ccccn1. The van der Waals surface area contributed by atoms with Crippen molar-refractivity contribution in [1.29, 1.82) is 5.26 Å². The molecule has 7 aromatic carbocycles. The van der Waals surface area contributed by atoms with Crippen LogP contribution in [0, 0.1) is 23.5 Å². The molecule has 0 fully saturated rings. The summed E-state index contributed by atoms with van der Waals surface area (Å²) in [4.78, 5) is 14.5. The Morgan fingerprint density at radius 1 is 0.567 bits per heavy atom. The molecule has 0 bridgehead atoms. The Balaban J connectivity index is 0.000000375. The van der Waals surface area contributed by atoms with Gasteiger partial charge in [0.1, 0.15) is 0 Å². The Bertz CT molecular complexity index is 3470. The summed E-state index contributed by atoms with van der Waals surface area (Å²) in [6.45, 7) is 9.08. The van der Waals surface area contributed by atoms with Crippen LogP contribution in [0.4, 0.5) is 0 Å². The van der Waals surface area contributed by atoms with Crippen molar-refractivity contribution in [3.63, 3.8) is 0 Å². The number of pyridine rings is 2. The number of fused-ring (bicyclic) bond motifs is 4. The molecule has 0 saturated heterocycles. The molecule has 0 N–H and O–H groups in total. The Morgan fingerprint density at radius 2 is 1.25 bits per heavy atom. The van der Waals surface area contributed by atoms with Crippen LogP contribution < -0.4 is 0 Å². The summed E-state index contributed by atoms with van der Waals surface area (Å²) in [6.07, 6.45) is 1.79. The molecular weight excluding hydrogens is 999 g/mol. The summed E-state index contributed by atoms with van der Waals surface area (Å²) >= 11 is 0. The number of hydrogen-bond donors (Lipinski definition) is 0. The number of nitriles is 1. The minimum atomic E-state index is 0. The topological polar surface area (TPSA) is 80.5 Å². The van der Waals surface area contributed by atoms with Crippen molar-refractivity contribution in [3.05, 3.63) is 217 Å². The molecule has 0 aliphatic carbocycles. The van der Waals surface area contributed by atoms with Crippen LogP contribution in [0.1, 0.15) is 56.2 Å². The van der Waals surface area contributed by atoms with Crippen LogP contribution in [0.25, 0.3) is 94.9 Å². The third kappa shape index (κ3) is 8.86. The fraction of sp³-hybridized carbons (Fsp3) is 0.100. The molecule has 0 aliphatic rings. The van der Waals surface area contributed by atoms with E-state index in [1.54, 1.807) is 12.3 Å². The first-order valence-electron chi connectivity index (χ1n) is 22.3. The normalized spacial score (nSPS) is 11.1. The van der Waals surface area contributed by atoms with E-state index in [-0.39, 0.29) is 31.9 Å². The van der Waals surface area contributed by atoms with Gasteiger partial charge in [-0.05, 0) is 106 Å². The van der Waals surface area contributed by atoms with Crippen molar-refractivity contribution < 1.29 is 24.5 Å². The second kappa shape index (κ2) is 19.4. The van der Waals surface area contributed by atoms with Gasteiger partial charge in [-0.2, -0.15) is 5.26 Å². The van der Waals surface area contributed by atoms with Gasteiger partial charge in [0, 0.05) is 42.9 Å². The molecule has 67 heavy (non-hydrogen) atoms. The van der Waals surface area contributed by atoms with E-state index >= 15 is 0 Å². The molecule has 0 saturated carbocycles. The Hall–Kier alpha value is -7.75. The molecule has 6 nitrogen and oxygen atoms in total. The van der Waals surface area contributed by atoms with Crippen LogP contribution in [0.5, 0.6) is 0 Å². The number of benzene rings is 7. The van der Waals surface area contributed by atoms with Gasteiger partial charge in [0.25, 0.3) is 0 Å². The molecule has 0 spiro atoms. The zero-order chi connectivity index (χ0) is 45.1. The molecule has 0 amide bonds. The summed E-state index contributed by atoms with van der Waals surface area (Å²) in [5.74, 6) is 1.22. The zero-order valence-corrected chi connectivity index (χ0v) is 39.9. The Kier molecular flexibility index (Phi) is 12.9. The second-order valence-corrected chi connectivity index (χ2v) is 16.9. The molecule has 11 aromatic rings. The van der Waals surface area contributed by atoms with Crippen molar-refractivity contribution in [2.24, 2.45) is 0 Å². The van der Waals surface area contributed by atoms with Gasteiger partial charge in [0.2, 0.25) is 5.71 Å². The number of nitrogens with zero attached hydrogens (tertiary/aromatic N) is 5. The van der Waals surface area contributed by atoms with Gasteiger partial charge in [-0.3, -0.25) is 4.98 Å². The van der Waals surface area contributed by atoms with Gasteiger partial charge < -0.3 is 14.0 Å². The van der Waals surface area contributed by atoms with E-state index in [4.69, 9.17) is 14.4 Å². The van der Waals surface area contributed by atoms with Crippen LogP contribution in [0.2, 0.25) is 0 Å². The molecule has 0 unspecified atom stereocenters. The molecule has 327 valence electrons. The first-order valence-corrected chi connectivity index (χ1v) is 22.3. The van der Waals surface area contributed by atoms with Crippen molar-refractivity contribution >= 4 is 33.1 Å². The molecule has 0 atom stereocenters. The van der Waals surface area contributed by atoms with E-state index in [0.29, 0.717) is 16.9 Å². The molecule has 7 heteroatoms. The number of imidazole rings is 1. The van der Waals surface area contributed by atoms with Crippen LogP contribution >= 0.6 is 0 Å². The Labute approximate surface area is 404 Å². The average Bonchev–Trinajstić information content (AvgIpc) is 3.95. The molecular formula is C60H45IrN5O-2. The molecule has 11 rings (SSSR count). The van der Waals surface area contributed by atoms with Gasteiger partial charge in [-0.15, -0.1) is 54.1 Å². The number of aromatic nitrogens is 4. The molecule has 0 aliphatic heterocycles. The molecule has 4 aromatic heterocycles. The minimum Gasteiger partial charge on any atom is -0.486 e. The largest absolute Gasteiger partial charge is 0.486 e. The van der Waals surface area contributed by atoms with Gasteiger partial charge in [-0.1, -0.05) is 130 Å². The maximum atomic E-state index is 9.48. The monoisotopic (exact) mass is 1040 g/mol. The van der Waals surface area contributed by atoms with E-state index in [1.165, 1.54) is 33.4 Å². The zero-order valence-electron chi connectivity index (χ0n) is 37.5. The number of rotatable bonds is 8. The van der Waals surface area contributed by atoms with Crippen LogP contribution in [-0.2, 0) is 20.1 Å². The fourth-order valence-electron chi connectivity index (χ4n) is 8.66. The average molecular weight is 1040 g/mol. The Morgan fingerprint density at radius 3 is 1.96 bits per heavy atom. The third-order valence-corrected chi connectivity index (χ3v) is 12.0. The summed E-state index contributed by atoms with van der Waals surface area (Å²) in [5.41, 5.74) is 16.6. The van der Waals surface area contributed by atoms with E-state index < -0.39 is 0 Å². The standard InChI is InChI=1S/C49H37N4O.C11H8N.Ir/c1-30(2)41-27-37(35-22-20-34(21-23-35)33-13-6-5-7-14-33)28-42(31(3)4)46(41)53-45-19-9-8-18-44(45)51-48(53)40-17-11-16-38-39-24-25-43(52-49(39)54-47(38)40)36-15-10-12-32(26-36)29-50;1-2-6-10(7-3-1)11-8-4-5-9-12-11;/h5-16,18-28,30-31H,1-4H3;1-6,8-9H;/q2*-1;. The molecule has 1 radical (unpaired) electrons. The van der Waals surface area contributed by atoms with Gasteiger partial charge in [0.05, 0.1) is 39.8 Å². The summed E-state index contributed by atoms with van der Waals surface area (Å²) < 4.78 is 8.98. The van der Waals surface area contributed by atoms with Gasteiger partial charge >= 0.3 is 0 Å². The first kappa shape index (κ1) is 44.5. The smallest absolute Gasteiger partial charge is 0.216 e. The van der Waals surface area contributed by atoms with Gasteiger partial charge in [0.15, 0.2) is 0 Å². The van der Waals surface area contributed by atoms with Crippen molar-refractivity contribution in [2.45, 2.75) is 39.5 Å². The minimum absolute atomic E-state index is 0. The van der Waals surface area contributed by atoms with Crippen LogP contribution in [0.3, 0.4) is 0 Å². The number of furan rings is 1. The number of para-hydroxylation sites is 2. The van der Waals surface area contributed by atoms with Crippen LogP contribution in [0.15, 0.2) is 193 Å². The van der Waals surface area contributed by atoms with E-state index in [1.807, 2.05) is 91.0 Å². The number of hydrogen-bond acceptors (Lipinski definition) is 5. The van der Waals surface area contributed by atoms with E-state index in [9.17, 15) is 5.26 Å². The summed E-state index contributed by atoms with van der Waals surface area (Å²) in [7, 11) is 0. The second-order valence-electron chi connectivity index (χ2n) is 16.9. The van der Waals surface area contributed by atoms with Crippen molar-refractivity contribution in [3.8, 4) is 67.9 Å². The maximum Gasteiger partial charge on any atom is 0.216 e. The van der Waals surface area contributed by atoms with Crippen LogP contribution in [-0.4, -0.2) is 19.5 Å². The molecule has 4 heterocycles. The maximum absolute atomic E-state index is 9.48. The quantitative estimate of drug-likeness (QED) is 0.142. The van der Waals surface area contributed by atoms with Gasteiger partial charge in [-0.25, -0.2) is 4.98 Å². The predicted molar refractivity (Wildman–Crippen MR) is 268 cm³/mol. The summed E-state index contributed by atoms with van der Waals surface area (Å²) in [6, 6.07) is 70.6. The predicted octanol–water partition coefficient (Wildman–Crippen LogP) is 15.5. The van der Waals surface area contributed by atoms with E-state index in [2.05, 4.69) is 140 Å². The first-order chi connectivity index (χ1) is 32.3. The third-order valence-electron chi connectivity index (χ3n) is 12.0. The summed E-state index contributed by atoms with van der Waals surface area (Å²) in [5, 5.41) is 11.3. The fourth-order valence-corrected chi connectivity index (χ4v) is 8.66.